The fourth-order valence-electron chi connectivity index (χ4n) is 0.973. The molecule has 0 nitrogen and oxygen atoms in total. The molecule has 0 aliphatic carbocycles. The van der Waals surface area contributed by atoms with Gasteiger partial charge in [-0.3, -0.25) is 0 Å². The second kappa shape index (κ2) is 3.77. The minimum Gasteiger partial charge on any atom is -0.149 e. The van der Waals surface area contributed by atoms with Crippen LogP contribution >= 0.6 is 11.3 Å². The molecule has 0 atom stereocenters. The van der Waals surface area contributed by atoms with Crippen LogP contribution in [0.1, 0.15) is 30.2 Å². The van der Waals surface area contributed by atoms with Crippen LogP contribution in [0.15, 0.2) is 11.4 Å². The summed E-state index contributed by atoms with van der Waals surface area (Å²) in [7, 11) is 0. The van der Waals surface area contributed by atoms with Gasteiger partial charge in [-0.1, -0.05) is 13.3 Å². The molecular weight excluding hydrogens is 140 g/mol. The topological polar surface area (TPSA) is 0 Å². The SMILES string of the molecule is CCCCc1cc(C)cs1. The van der Waals surface area contributed by atoms with Crippen molar-refractivity contribution < 1.29 is 0 Å². The van der Waals surface area contributed by atoms with Gasteiger partial charge in [0.1, 0.15) is 0 Å². The molecular formula is C9H14S. The molecule has 0 radical (unpaired) electrons. The average Bonchev–Trinajstić information content (AvgIpc) is 2.31. The normalized spacial score (nSPS) is 10.2. The lowest BCUT2D eigenvalue weighted by Crippen LogP contribution is -1.76. The second-order valence-electron chi connectivity index (χ2n) is 2.69. The smallest absolute Gasteiger partial charge is 0.00479 e. The van der Waals surface area contributed by atoms with Crippen LogP contribution in [0.2, 0.25) is 0 Å². The molecule has 0 spiro atoms. The van der Waals surface area contributed by atoms with Crippen molar-refractivity contribution in [3.8, 4) is 0 Å². The van der Waals surface area contributed by atoms with Gasteiger partial charge in [-0.05, 0) is 36.8 Å². The van der Waals surface area contributed by atoms with E-state index in [1.165, 1.54) is 24.8 Å². The van der Waals surface area contributed by atoms with E-state index in [9.17, 15) is 0 Å². The second-order valence-corrected chi connectivity index (χ2v) is 3.69. The highest BCUT2D eigenvalue weighted by atomic mass is 32.1. The van der Waals surface area contributed by atoms with Gasteiger partial charge in [0.25, 0.3) is 0 Å². The zero-order valence-electron chi connectivity index (χ0n) is 6.68. The maximum Gasteiger partial charge on any atom is 0.00479 e. The molecule has 1 heteroatoms. The lowest BCUT2D eigenvalue weighted by Gasteiger charge is -1.90. The van der Waals surface area contributed by atoms with Crippen LogP contribution < -0.4 is 0 Å². The van der Waals surface area contributed by atoms with Crippen molar-refractivity contribution in [2.24, 2.45) is 0 Å². The lowest BCUT2D eigenvalue weighted by atomic mass is 10.2. The molecule has 1 heterocycles. The van der Waals surface area contributed by atoms with Crippen LogP contribution in [0.3, 0.4) is 0 Å². The summed E-state index contributed by atoms with van der Waals surface area (Å²) >= 11 is 1.89. The van der Waals surface area contributed by atoms with E-state index in [4.69, 9.17) is 0 Å². The highest BCUT2D eigenvalue weighted by Gasteiger charge is 1.93. The van der Waals surface area contributed by atoms with E-state index in [1.54, 1.807) is 4.88 Å². The lowest BCUT2D eigenvalue weighted by molar-refractivity contribution is 0.804. The van der Waals surface area contributed by atoms with Crippen LogP contribution in [0.5, 0.6) is 0 Å². The monoisotopic (exact) mass is 154 g/mol. The zero-order chi connectivity index (χ0) is 7.40. The number of thiophene rings is 1. The van der Waals surface area contributed by atoms with Gasteiger partial charge in [-0.2, -0.15) is 0 Å². The first-order chi connectivity index (χ1) is 4.83. The number of hydrogen-bond donors (Lipinski definition) is 0. The first-order valence-electron chi connectivity index (χ1n) is 3.87. The van der Waals surface area contributed by atoms with Gasteiger partial charge in [-0.25, -0.2) is 0 Å². The van der Waals surface area contributed by atoms with Crippen LogP contribution in [0.4, 0.5) is 0 Å². The van der Waals surface area contributed by atoms with Gasteiger partial charge >= 0.3 is 0 Å². The molecule has 0 unspecified atom stereocenters. The number of hydrogen-bond acceptors (Lipinski definition) is 1. The molecule has 1 aromatic rings. The first kappa shape index (κ1) is 7.80. The molecule has 0 bridgehead atoms. The van der Waals surface area contributed by atoms with Crippen LogP contribution in [-0.4, -0.2) is 0 Å². The van der Waals surface area contributed by atoms with Gasteiger partial charge in [0.15, 0.2) is 0 Å². The van der Waals surface area contributed by atoms with E-state index in [2.05, 4.69) is 25.3 Å². The zero-order valence-corrected chi connectivity index (χ0v) is 7.50. The molecule has 0 aliphatic heterocycles. The molecule has 0 N–H and O–H groups in total. The van der Waals surface area contributed by atoms with E-state index >= 15 is 0 Å². The molecule has 0 fully saturated rings. The summed E-state index contributed by atoms with van der Waals surface area (Å²) in [5.74, 6) is 0. The summed E-state index contributed by atoms with van der Waals surface area (Å²) in [6.07, 6.45) is 3.91. The Morgan fingerprint density at radius 1 is 1.50 bits per heavy atom. The third kappa shape index (κ3) is 2.14. The number of rotatable bonds is 3. The third-order valence-electron chi connectivity index (χ3n) is 1.56. The Morgan fingerprint density at radius 2 is 2.30 bits per heavy atom. The molecule has 0 amide bonds. The number of unbranched alkanes of at least 4 members (excludes halogenated alkanes) is 1. The Kier molecular flexibility index (Phi) is 2.94. The van der Waals surface area contributed by atoms with Crippen LogP contribution in [0.25, 0.3) is 0 Å². The van der Waals surface area contributed by atoms with Gasteiger partial charge < -0.3 is 0 Å². The minimum atomic E-state index is 1.27. The van der Waals surface area contributed by atoms with Crippen molar-refractivity contribution in [1.29, 1.82) is 0 Å². The average molecular weight is 154 g/mol. The van der Waals surface area contributed by atoms with E-state index < -0.39 is 0 Å². The molecule has 1 rings (SSSR count). The van der Waals surface area contributed by atoms with Crippen molar-refractivity contribution in [3.05, 3.63) is 21.9 Å². The van der Waals surface area contributed by atoms with Crippen molar-refractivity contribution in [2.75, 3.05) is 0 Å². The maximum atomic E-state index is 2.29. The van der Waals surface area contributed by atoms with E-state index in [-0.39, 0.29) is 0 Å². The Balaban J connectivity index is 2.42. The highest BCUT2D eigenvalue weighted by Crippen LogP contribution is 2.15. The summed E-state index contributed by atoms with van der Waals surface area (Å²) < 4.78 is 0. The van der Waals surface area contributed by atoms with Gasteiger partial charge in [0, 0.05) is 4.88 Å². The maximum absolute atomic E-state index is 2.29. The van der Waals surface area contributed by atoms with E-state index in [0.717, 1.165) is 0 Å². The summed E-state index contributed by atoms with van der Waals surface area (Å²) in [4.78, 5) is 1.54. The largest absolute Gasteiger partial charge is 0.149 e. The standard InChI is InChI=1S/C9H14S/c1-3-4-5-9-6-8(2)7-10-9/h6-7H,3-5H2,1-2H3. The van der Waals surface area contributed by atoms with Crippen LogP contribution in [-0.2, 0) is 6.42 Å². The first-order valence-corrected chi connectivity index (χ1v) is 4.75. The summed E-state index contributed by atoms with van der Waals surface area (Å²) in [6.45, 7) is 4.40. The molecule has 0 saturated carbocycles. The Bertz CT molecular complexity index is 188. The Hall–Kier alpha value is -0.300. The molecule has 0 saturated heterocycles. The van der Waals surface area contributed by atoms with Gasteiger partial charge in [0.05, 0.1) is 0 Å². The van der Waals surface area contributed by atoms with Crippen molar-refractivity contribution in [2.45, 2.75) is 33.1 Å². The van der Waals surface area contributed by atoms with Crippen molar-refractivity contribution >= 4 is 11.3 Å². The minimum absolute atomic E-state index is 1.27. The molecule has 1 aromatic heterocycles. The molecule has 0 aliphatic rings. The molecule has 56 valence electrons. The van der Waals surface area contributed by atoms with Gasteiger partial charge in [0.2, 0.25) is 0 Å². The summed E-state index contributed by atoms with van der Waals surface area (Å²) in [5.41, 5.74) is 1.41. The summed E-state index contributed by atoms with van der Waals surface area (Å²) in [5, 5.41) is 2.23. The van der Waals surface area contributed by atoms with Crippen LogP contribution in [0, 0.1) is 6.92 Å². The fraction of sp³-hybridized carbons (Fsp3) is 0.556. The Morgan fingerprint density at radius 3 is 2.80 bits per heavy atom. The van der Waals surface area contributed by atoms with Crippen molar-refractivity contribution in [1.82, 2.24) is 0 Å². The molecule has 10 heavy (non-hydrogen) atoms. The molecule has 0 aromatic carbocycles. The quantitative estimate of drug-likeness (QED) is 0.626. The Labute approximate surface area is 66.9 Å². The van der Waals surface area contributed by atoms with E-state index in [0.29, 0.717) is 0 Å². The predicted octanol–water partition coefficient (Wildman–Crippen LogP) is 3.40. The summed E-state index contributed by atoms with van der Waals surface area (Å²) in [6, 6.07) is 2.29. The van der Waals surface area contributed by atoms with E-state index in [1.807, 2.05) is 11.3 Å². The van der Waals surface area contributed by atoms with Crippen molar-refractivity contribution in [3.63, 3.8) is 0 Å². The van der Waals surface area contributed by atoms with Gasteiger partial charge in [-0.15, -0.1) is 11.3 Å². The third-order valence-corrected chi connectivity index (χ3v) is 2.68. The number of aryl methyl sites for hydroxylation is 2. The predicted molar refractivity (Wildman–Crippen MR) is 47.7 cm³/mol. The fourth-order valence-corrected chi connectivity index (χ4v) is 1.89. The highest BCUT2D eigenvalue weighted by molar-refractivity contribution is 7.10.